The van der Waals surface area contributed by atoms with E-state index in [1.54, 1.807) is 11.3 Å². The zero-order valence-corrected chi connectivity index (χ0v) is 13.6. The van der Waals surface area contributed by atoms with Crippen molar-refractivity contribution >= 4 is 33.3 Å². The minimum Gasteiger partial charge on any atom is -0.368 e. The Bertz CT molecular complexity index is 578. The minimum absolute atomic E-state index is 0.447. The van der Waals surface area contributed by atoms with Gasteiger partial charge in [-0.25, -0.2) is 4.98 Å². The first-order valence-corrected chi connectivity index (χ1v) is 7.75. The van der Waals surface area contributed by atoms with E-state index in [1.165, 1.54) is 4.88 Å². The zero-order valence-electron chi connectivity index (χ0n) is 12.8. The van der Waals surface area contributed by atoms with Crippen molar-refractivity contribution in [3.05, 3.63) is 10.9 Å². The van der Waals surface area contributed by atoms with Crippen LogP contribution in [0.2, 0.25) is 0 Å². The Morgan fingerprint density at radius 3 is 2.70 bits per heavy atom. The number of fused-ring (bicyclic) bond motifs is 1. The van der Waals surface area contributed by atoms with Crippen LogP contribution in [0.5, 0.6) is 0 Å². The monoisotopic (exact) mass is 293 g/mol. The lowest BCUT2D eigenvalue weighted by Crippen LogP contribution is -2.31. The largest absolute Gasteiger partial charge is 0.368 e. The van der Waals surface area contributed by atoms with Gasteiger partial charge < -0.3 is 15.5 Å². The number of rotatable bonds is 6. The standard InChI is InChI=1S/C14H23N5S/c1-6-10-7-11-12(16-8-9(2)19(4)5)17-14(15-3)18-13(11)20-10/h7,9H,6,8H2,1-5H3,(H2,15,16,17,18). The van der Waals surface area contributed by atoms with Gasteiger partial charge in [-0.1, -0.05) is 6.92 Å². The molecule has 0 fully saturated rings. The summed E-state index contributed by atoms with van der Waals surface area (Å²) in [5.74, 6) is 1.59. The Kier molecular flexibility index (Phi) is 4.77. The number of aromatic nitrogens is 2. The van der Waals surface area contributed by atoms with Crippen molar-refractivity contribution in [3.63, 3.8) is 0 Å². The third-order valence-corrected chi connectivity index (χ3v) is 4.64. The molecule has 0 bridgehead atoms. The smallest absolute Gasteiger partial charge is 0.225 e. The van der Waals surface area contributed by atoms with Crippen molar-refractivity contribution in [3.8, 4) is 0 Å². The topological polar surface area (TPSA) is 53.1 Å². The third kappa shape index (κ3) is 3.19. The van der Waals surface area contributed by atoms with Gasteiger partial charge in [-0.15, -0.1) is 11.3 Å². The molecular weight excluding hydrogens is 270 g/mol. The summed E-state index contributed by atoms with van der Waals surface area (Å²) in [5, 5.41) is 7.61. The highest BCUT2D eigenvalue weighted by Gasteiger charge is 2.12. The van der Waals surface area contributed by atoms with Crippen LogP contribution in [0.25, 0.3) is 10.2 Å². The fourth-order valence-electron chi connectivity index (χ4n) is 1.82. The Morgan fingerprint density at radius 1 is 1.35 bits per heavy atom. The van der Waals surface area contributed by atoms with Crippen LogP contribution in [0.15, 0.2) is 6.07 Å². The number of hydrogen-bond donors (Lipinski definition) is 2. The maximum Gasteiger partial charge on any atom is 0.225 e. The number of thiophene rings is 1. The molecule has 0 amide bonds. The van der Waals surface area contributed by atoms with Gasteiger partial charge in [-0.2, -0.15) is 4.98 Å². The third-order valence-electron chi connectivity index (χ3n) is 3.46. The van der Waals surface area contributed by atoms with Crippen LogP contribution in [0.4, 0.5) is 11.8 Å². The van der Waals surface area contributed by atoms with E-state index in [9.17, 15) is 0 Å². The number of aryl methyl sites for hydroxylation is 1. The lowest BCUT2D eigenvalue weighted by Gasteiger charge is -2.20. The van der Waals surface area contributed by atoms with Crippen molar-refractivity contribution in [2.24, 2.45) is 0 Å². The van der Waals surface area contributed by atoms with Gasteiger partial charge in [0.15, 0.2) is 0 Å². The quantitative estimate of drug-likeness (QED) is 0.857. The van der Waals surface area contributed by atoms with Crippen LogP contribution in [-0.4, -0.2) is 48.6 Å². The second kappa shape index (κ2) is 6.37. The molecule has 1 atom stereocenters. The summed E-state index contributed by atoms with van der Waals surface area (Å²) in [4.78, 5) is 13.7. The number of nitrogens with zero attached hydrogens (tertiary/aromatic N) is 3. The average Bonchev–Trinajstić information content (AvgIpc) is 2.86. The fraction of sp³-hybridized carbons (Fsp3) is 0.571. The predicted molar refractivity (Wildman–Crippen MR) is 88.0 cm³/mol. The van der Waals surface area contributed by atoms with E-state index in [4.69, 9.17) is 0 Å². The molecule has 2 rings (SSSR count). The molecule has 0 saturated carbocycles. The molecule has 0 aliphatic carbocycles. The SMILES string of the molecule is CCc1cc2c(NCC(C)N(C)C)nc(NC)nc2s1. The van der Waals surface area contributed by atoms with Crippen molar-refractivity contribution in [1.29, 1.82) is 0 Å². The number of likely N-dealkylation sites (N-methyl/N-ethyl adjacent to an activating group) is 1. The van der Waals surface area contributed by atoms with Gasteiger partial charge in [-0.3, -0.25) is 0 Å². The van der Waals surface area contributed by atoms with E-state index in [0.717, 1.165) is 29.0 Å². The summed E-state index contributed by atoms with van der Waals surface area (Å²) in [5.41, 5.74) is 0. The summed E-state index contributed by atoms with van der Waals surface area (Å²) in [7, 11) is 6.02. The van der Waals surface area contributed by atoms with Crippen LogP contribution in [0.3, 0.4) is 0 Å². The lowest BCUT2D eigenvalue weighted by molar-refractivity contribution is 0.326. The van der Waals surface area contributed by atoms with Gasteiger partial charge in [0.25, 0.3) is 0 Å². The van der Waals surface area contributed by atoms with Crippen LogP contribution in [0, 0.1) is 0 Å². The molecule has 5 nitrogen and oxygen atoms in total. The highest BCUT2D eigenvalue weighted by Crippen LogP contribution is 2.30. The van der Waals surface area contributed by atoms with Gasteiger partial charge >= 0.3 is 0 Å². The fourth-order valence-corrected chi connectivity index (χ4v) is 2.79. The molecule has 0 aromatic carbocycles. The summed E-state index contributed by atoms with van der Waals surface area (Å²) >= 11 is 1.74. The number of anilines is 2. The van der Waals surface area contributed by atoms with E-state index < -0.39 is 0 Å². The molecule has 2 N–H and O–H groups in total. The van der Waals surface area contributed by atoms with E-state index in [-0.39, 0.29) is 0 Å². The van der Waals surface area contributed by atoms with Crippen molar-refractivity contribution in [2.45, 2.75) is 26.3 Å². The van der Waals surface area contributed by atoms with Crippen LogP contribution >= 0.6 is 11.3 Å². The van der Waals surface area contributed by atoms with E-state index in [0.29, 0.717) is 12.0 Å². The van der Waals surface area contributed by atoms with E-state index in [1.807, 2.05) is 7.05 Å². The normalized spacial score (nSPS) is 12.9. The van der Waals surface area contributed by atoms with Gasteiger partial charge in [0, 0.05) is 24.5 Å². The molecule has 2 aromatic rings. The van der Waals surface area contributed by atoms with E-state index >= 15 is 0 Å². The van der Waals surface area contributed by atoms with Crippen LogP contribution in [-0.2, 0) is 6.42 Å². The van der Waals surface area contributed by atoms with Crippen molar-refractivity contribution < 1.29 is 0 Å². The van der Waals surface area contributed by atoms with E-state index in [2.05, 4.69) is 59.5 Å². The molecule has 2 heterocycles. The molecule has 0 aliphatic rings. The first-order chi connectivity index (χ1) is 9.55. The molecule has 0 saturated heterocycles. The predicted octanol–water partition coefficient (Wildman–Crippen LogP) is 2.66. The minimum atomic E-state index is 0.447. The van der Waals surface area contributed by atoms with Gasteiger partial charge in [0.1, 0.15) is 10.6 Å². The van der Waals surface area contributed by atoms with Crippen LogP contribution in [0.1, 0.15) is 18.7 Å². The lowest BCUT2D eigenvalue weighted by atomic mass is 10.3. The average molecular weight is 293 g/mol. The number of hydrogen-bond acceptors (Lipinski definition) is 6. The second-order valence-corrected chi connectivity index (χ2v) is 6.24. The number of nitrogens with one attached hydrogen (secondary N) is 2. The highest BCUT2D eigenvalue weighted by molar-refractivity contribution is 7.18. The van der Waals surface area contributed by atoms with Gasteiger partial charge in [0.2, 0.25) is 5.95 Å². The first-order valence-electron chi connectivity index (χ1n) is 6.93. The Labute approximate surface area is 124 Å². The Hall–Kier alpha value is -1.40. The van der Waals surface area contributed by atoms with Crippen molar-refractivity contribution in [1.82, 2.24) is 14.9 Å². The zero-order chi connectivity index (χ0) is 14.7. The van der Waals surface area contributed by atoms with Crippen LogP contribution < -0.4 is 10.6 Å². The summed E-state index contributed by atoms with van der Waals surface area (Å²) in [6.45, 7) is 5.22. The molecule has 110 valence electrons. The molecule has 0 radical (unpaired) electrons. The molecular formula is C14H23N5S. The van der Waals surface area contributed by atoms with Gasteiger partial charge in [-0.05, 0) is 33.5 Å². The summed E-state index contributed by atoms with van der Waals surface area (Å²) < 4.78 is 0. The Balaban J connectivity index is 2.32. The summed E-state index contributed by atoms with van der Waals surface area (Å²) in [6.07, 6.45) is 1.03. The second-order valence-electron chi connectivity index (χ2n) is 5.12. The maximum atomic E-state index is 4.55. The van der Waals surface area contributed by atoms with Crippen molar-refractivity contribution in [2.75, 3.05) is 38.3 Å². The molecule has 0 spiro atoms. The summed E-state index contributed by atoms with van der Waals surface area (Å²) in [6, 6.07) is 2.64. The molecule has 2 aromatic heterocycles. The Morgan fingerprint density at radius 2 is 2.10 bits per heavy atom. The maximum absolute atomic E-state index is 4.55. The molecule has 0 aliphatic heterocycles. The van der Waals surface area contributed by atoms with Gasteiger partial charge in [0.05, 0.1) is 5.39 Å². The first kappa shape index (κ1) is 15.0. The highest BCUT2D eigenvalue weighted by atomic mass is 32.1. The molecule has 6 heteroatoms. The molecule has 1 unspecified atom stereocenters. The molecule has 20 heavy (non-hydrogen) atoms.